The van der Waals surface area contributed by atoms with Crippen molar-refractivity contribution in [2.75, 3.05) is 0 Å². The van der Waals surface area contributed by atoms with E-state index in [1.807, 2.05) is 19.1 Å². The van der Waals surface area contributed by atoms with Crippen molar-refractivity contribution in [2.45, 2.75) is 72.8 Å². The van der Waals surface area contributed by atoms with E-state index >= 15 is 0 Å². The molecule has 4 aliphatic rings. The molecule has 0 saturated heterocycles. The molecule has 0 bridgehead atoms. The molecule has 45 heavy (non-hydrogen) atoms. The van der Waals surface area contributed by atoms with Gasteiger partial charge in [0.2, 0.25) is 0 Å². The molecule has 0 aromatic heterocycles. The van der Waals surface area contributed by atoms with Crippen molar-refractivity contribution in [1.29, 1.82) is 0 Å². The molecular weight excluding hydrogens is 568 g/mol. The predicted octanol–water partition coefficient (Wildman–Crippen LogP) is 5.36. The van der Waals surface area contributed by atoms with Gasteiger partial charge in [0.25, 0.3) is 0 Å². The van der Waals surface area contributed by atoms with Crippen molar-refractivity contribution < 1.29 is 34.2 Å². The van der Waals surface area contributed by atoms with E-state index in [0.29, 0.717) is 24.0 Å². The number of aliphatic hydroxyl groups is 1. The molecule has 0 spiro atoms. The van der Waals surface area contributed by atoms with Crippen LogP contribution in [-0.2, 0) is 32.0 Å². The fourth-order valence-electron chi connectivity index (χ4n) is 9.21. The highest BCUT2D eigenvalue weighted by Crippen LogP contribution is 2.63. The van der Waals surface area contributed by atoms with Crippen LogP contribution in [0.5, 0.6) is 5.75 Å². The molecule has 0 heterocycles. The number of rotatable bonds is 5. The van der Waals surface area contributed by atoms with E-state index in [1.165, 1.54) is 5.56 Å². The van der Waals surface area contributed by atoms with Crippen molar-refractivity contribution in [3.05, 3.63) is 81.9 Å². The highest BCUT2D eigenvalue weighted by Gasteiger charge is 2.76. The molecule has 6 atom stereocenters. The third-order valence-corrected chi connectivity index (χ3v) is 11.1. The van der Waals surface area contributed by atoms with Gasteiger partial charge in [0.05, 0.1) is 11.5 Å². The molecular formula is C38H40O7. The van der Waals surface area contributed by atoms with Crippen molar-refractivity contribution in [3.63, 3.8) is 0 Å². The summed E-state index contributed by atoms with van der Waals surface area (Å²) >= 11 is 0. The van der Waals surface area contributed by atoms with E-state index in [4.69, 9.17) is 0 Å². The molecule has 7 nitrogen and oxygen atoms in total. The van der Waals surface area contributed by atoms with Gasteiger partial charge in [-0.25, -0.2) is 0 Å². The Morgan fingerprint density at radius 2 is 1.67 bits per heavy atom. The maximum absolute atomic E-state index is 14.5. The number of hydrogen-bond acceptors (Lipinski definition) is 7. The average molecular weight is 609 g/mol. The minimum atomic E-state index is -2.69. The summed E-state index contributed by atoms with van der Waals surface area (Å²) < 4.78 is 0. The largest absolute Gasteiger partial charge is 0.507 e. The second kappa shape index (κ2) is 10.3. The van der Waals surface area contributed by atoms with Gasteiger partial charge in [-0.3, -0.25) is 24.0 Å². The van der Waals surface area contributed by atoms with E-state index in [2.05, 4.69) is 36.4 Å². The van der Waals surface area contributed by atoms with Crippen LogP contribution < -0.4 is 0 Å². The molecule has 2 aromatic carbocycles. The number of carbonyl (C=O) groups is 5. The second-order valence-electron chi connectivity index (χ2n) is 14.6. The highest BCUT2D eigenvalue weighted by atomic mass is 16.3. The van der Waals surface area contributed by atoms with Gasteiger partial charge in [-0.15, -0.1) is 0 Å². The maximum Gasteiger partial charge on any atom is 0.190 e. The van der Waals surface area contributed by atoms with Crippen LogP contribution in [0.3, 0.4) is 0 Å². The van der Waals surface area contributed by atoms with Crippen molar-refractivity contribution in [2.24, 2.45) is 34.5 Å². The lowest BCUT2D eigenvalue weighted by atomic mass is 9.40. The Kier molecular flexibility index (Phi) is 7.09. The Morgan fingerprint density at radius 3 is 2.29 bits per heavy atom. The lowest BCUT2D eigenvalue weighted by Gasteiger charge is -2.61. The monoisotopic (exact) mass is 608 g/mol. The van der Waals surface area contributed by atoms with E-state index < -0.39 is 63.1 Å². The summed E-state index contributed by atoms with van der Waals surface area (Å²) in [6.07, 6.45) is 5.63. The lowest BCUT2D eigenvalue weighted by molar-refractivity contribution is -0.205. The van der Waals surface area contributed by atoms with Gasteiger partial charge in [-0.05, 0) is 73.1 Å². The first-order chi connectivity index (χ1) is 21.0. The van der Waals surface area contributed by atoms with Gasteiger partial charge in [-0.1, -0.05) is 87.4 Å². The molecule has 0 aliphatic heterocycles. The lowest BCUT2D eigenvalue weighted by Crippen LogP contribution is -2.76. The van der Waals surface area contributed by atoms with Crippen LogP contribution in [0, 0.1) is 41.4 Å². The molecule has 7 heteroatoms. The van der Waals surface area contributed by atoms with Crippen LogP contribution in [0.2, 0.25) is 0 Å². The number of carbonyl (C=O) groups excluding carboxylic acids is 5. The predicted molar refractivity (Wildman–Crippen MR) is 168 cm³/mol. The SMILES string of the molecule is CC(=O)C1C(=O)C(C(C)C)[C@@]2(C)C[C@@]3(C)Cc4ccc(CC5=CC(c6ccc(C)cc6)=CC5)c(O)c4C(=O)C3C(=O)[C@@]2(O)C1=O. The first-order valence-electron chi connectivity index (χ1n) is 15.7. The number of aromatic hydroxyl groups is 1. The Morgan fingerprint density at radius 1 is 1.00 bits per heavy atom. The summed E-state index contributed by atoms with van der Waals surface area (Å²) in [6, 6.07) is 11.9. The first-order valence-corrected chi connectivity index (χ1v) is 15.7. The van der Waals surface area contributed by atoms with Gasteiger partial charge in [-0.2, -0.15) is 0 Å². The quantitative estimate of drug-likeness (QED) is 0.438. The molecule has 6 rings (SSSR count). The van der Waals surface area contributed by atoms with Gasteiger partial charge < -0.3 is 10.2 Å². The minimum absolute atomic E-state index is 0.0451. The summed E-state index contributed by atoms with van der Waals surface area (Å²) in [7, 11) is 0. The highest BCUT2D eigenvalue weighted by molar-refractivity contribution is 6.32. The Labute approximate surface area is 263 Å². The average Bonchev–Trinajstić information content (AvgIpc) is 3.41. The molecule has 2 saturated carbocycles. The number of aryl methyl sites for hydroxylation is 1. The number of phenolic OH excluding ortho intramolecular Hbond substituents is 1. The minimum Gasteiger partial charge on any atom is -0.507 e. The standard InChI is InChI=1S/C38H40O7/c1-19(2)29-32(41)27(21(4)39)34(43)38(45)35(44)30-33(42)28-26(17-36(30,5)18-37(29,38)6)14-13-25(31(28)40)16-22-9-12-24(15-22)23-10-7-20(3)8-11-23/h7-8,10-15,19,27,29-30,40,45H,9,16-18H2,1-6H3/t27?,29?,30?,36-,37-,38+/m1/s1. The van der Waals surface area contributed by atoms with E-state index in [-0.39, 0.29) is 30.1 Å². The number of Topliss-reactive ketones (excluding diaryl/α,β-unsaturated/α-hetero) is 5. The van der Waals surface area contributed by atoms with Crippen LogP contribution in [-0.4, -0.2) is 44.7 Å². The molecule has 3 unspecified atom stereocenters. The summed E-state index contributed by atoms with van der Waals surface area (Å²) in [5, 5.41) is 23.7. The summed E-state index contributed by atoms with van der Waals surface area (Å²) in [5.41, 5.74) is 0.412. The first kappa shape index (κ1) is 31.0. The van der Waals surface area contributed by atoms with E-state index in [0.717, 1.165) is 23.6 Å². The maximum atomic E-state index is 14.5. The van der Waals surface area contributed by atoms with Crippen LogP contribution >= 0.6 is 0 Å². The zero-order chi connectivity index (χ0) is 32.8. The van der Waals surface area contributed by atoms with Crippen molar-refractivity contribution >= 4 is 34.5 Å². The smallest absolute Gasteiger partial charge is 0.190 e. The van der Waals surface area contributed by atoms with E-state index in [1.54, 1.807) is 27.7 Å². The molecule has 0 radical (unpaired) electrons. The number of fused-ring (bicyclic) bond motifs is 3. The van der Waals surface area contributed by atoms with E-state index in [9.17, 15) is 34.2 Å². The molecule has 4 aliphatic carbocycles. The fourth-order valence-corrected chi connectivity index (χ4v) is 9.21. The van der Waals surface area contributed by atoms with Crippen LogP contribution in [0.4, 0.5) is 0 Å². The zero-order valence-corrected chi connectivity index (χ0v) is 26.7. The molecule has 0 amide bonds. The number of phenols is 1. The normalized spacial score (nSPS) is 32.6. The number of ketones is 5. The van der Waals surface area contributed by atoms with Crippen LogP contribution in [0.1, 0.15) is 80.1 Å². The van der Waals surface area contributed by atoms with Crippen molar-refractivity contribution in [3.8, 4) is 5.75 Å². The fraction of sp³-hybridized carbons (Fsp3) is 0.447. The topological polar surface area (TPSA) is 126 Å². The van der Waals surface area contributed by atoms with Gasteiger partial charge in [0, 0.05) is 11.3 Å². The number of allylic oxidation sites excluding steroid dienone is 4. The van der Waals surface area contributed by atoms with Crippen LogP contribution in [0.15, 0.2) is 54.1 Å². The molecule has 234 valence electrons. The third-order valence-electron chi connectivity index (χ3n) is 11.1. The number of hydrogen-bond donors (Lipinski definition) is 2. The summed E-state index contributed by atoms with van der Waals surface area (Å²) in [5.74, 6) is -8.72. The van der Waals surface area contributed by atoms with Gasteiger partial charge >= 0.3 is 0 Å². The zero-order valence-electron chi connectivity index (χ0n) is 26.7. The van der Waals surface area contributed by atoms with Crippen molar-refractivity contribution in [1.82, 2.24) is 0 Å². The third kappa shape index (κ3) is 4.30. The number of benzene rings is 2. The Balaban J connectivity index is 1.38. The Hall–Kier alpha value is -3.97. The van der Waals surface area contributed by atoms with Crippen LogP contribution in [0.25, 0.3) is 5.57 Å². The van der Waals surface area contributed by atoms with Gasteiger partial charge in [0.15, 0.2) is 28.7 Å². The Bertz CT molecular complexity index is 1760. The molecule has 2 N–H and O–H groups in total. The second-order valence-corrected chi connectivity index (χ2v) is 14.6. The summed E-state index contributed by atoms with van der Waals surface area (Å²) in [6.45, 7) is 10.1. The molecule has 2 fully saturated rings. The van der Waals surface area contributed by atoms with Gasteiger partial charge in [0.1, 0.15) is 17.5 Å². The molecule has 2 aromatic rings. The summed E-state index contributed by atoms with van der Waals surface area (Å²) in [4.78, 5) is 68.8.